The van der Waals surface area contributed by atoms with Gasteiger partial charge >= 0.3 is 0 Å². The predicted octanol–water partition coefficient (Wildman–Crippen LogP) is 3.19. The Morgan fingerprint density at radius 1 is 1.16 bits per heavy atom. The van der Waals surface area contributed by atoms with E-state index < -0.39 is 0 Å². The minimum absolute atomic E-state index is 0.0362. The summed E-state index contributed by atoms with van der Waals surface area (Å²) in [6.45, 7) is 11.1. The van der Waals surface area contributed by atoms with Gasteiger partial charge < -0.3 is 10.2 Å². The second-order valence-corrected chi connectivity index (χ2v) is 9.09. The highest BCUT2D eigenvalue weighted by molar-refractivity contribution is 5.98. The van der Waals surface area contributed by atoms with E-state index in [2.05, 4.69) is 47.3 Å². The highest BCUT2D eigenvalue weighted by Gasteiger charge is 2.26. The quantitative estimate of drug-likeness (QED) is 0.793. The minimum atomic E-state index is -0.0362. The fraction of sp³-hybridized carbons (Fsp3) is 0.400. The summed E-state index contributed by atoms with van der Waals surface area (Å²) in [5.41, 5.74) is 6.66. The van der Waals surface area contributed by atoms with Crippen molar-refractivity contribution in [3.63, 3.8) is 0 Å². The summed E-state index contributed by atoms with van der Waals surface area (Å²) in [5.74, 6) is 0.145. The predicted molar refractivity (Wildman–Crippen MR) is 125 cm³/mol. The molecule has 3 aliphatic rings. The Balaban J connectivity index is 1.49. The van der Waals surface area contributed by atoms with E-state index in [0.29, 0.717) is 6.04 Å². The molecule has 1 saturated heterocycles. The van der Waals surface area contributed by atoms with Crippen LogP contribution in [0.4, 0.5) is 0 Å². The second kappa shape index (κ2) is 8.06. The molecule has 7 nitrogen and oxygen atoms in total. The molecule has 3 aliphatic heterocycles. The molecule has 2 unspecified atom stereocenters. The van der Waals surface area contributed by atoms with Gasteiger partial charge in [0.05, 0.1) is 34.5 Å². The molecule has 1 fully saturated rings. The van der Waals surface area contributed by atoms with Crippen LogP contribution in [0.1, 0.15) is 37.4 Å². The van der Waals surface area contributed by atoms with Gasteiger partial charge in [-0.3, -0.25) is 14.7 Å². The third-order valence-electron chi connectivity index (χ3n) is 6.48. The first kappa shape index (κ1) is 20.7. The Morgan fingerprint density at radius 3 is 2.78 bits per heavy atom. The number of allylic oxidation sites excluding steroid dienone is 4. The molecule has 0 aromatic carbocycles. The maximum absolute atomic E-state index is 13.4. The average Bonchev–Trinajstić information content (AvgIpc) is 3.18. The van der Waals surface area contributed by atoms with E-state index in [1.807, 2.05) is 36.8 Å². The van der Waals surface area contributed by atoms with Gasteiger partial charge in [0.1, 0.15) is 0 Å². The van der Waals surface area contributed by atoms with Crippen LogP contribution in [-0.4, -0.2) is 56.0 Å². The smallest absolute Gasteiger partial charge is 0.255 e. The van der Waals surface area contributed by atoms with Crippen molar-refractivity contribution in [3.05, 3.63) is 71.2 Å². The summed E-state index contributed by atoms with van der Waals surface area (Å²) >= 11 is 0. The second-order valence-electron chi connectivity index (χ2n) is 9.09. The number of aryl methyl sites for hydroxylation is 2. The van der Waals surface area contributed by atoms with Crippen LogP contribution in [0.25, 0.3) is 11.1 Å². The monoisotopic (exact) mass is 430 g/mol. The van der Waals surface area contributed by atoms with Crippen LogP contribution < -0.4 is 5.32 Å². The van der Waals surface area contributed by atoms with Gasteiger partial charge in [-0.1, -0.05) is 13.0 Å². The largest absolute Gasteiger partial charge is 0.368 e. The van der Waals surface area contributed by atoms with Gasteiger partial charge in [-0.15, -0.1) is 0 Å². The Hall–Kier alpha value is -3.19. The number of nitrogens with zero attached hydrogens (tertiary/aromatic N) is 5. The Labute approximate surface area is 188 Å². The summed E-state index contributed by atoms with van der Waals surface area (Å²) in [6.07, 6.45) is 12.9. The number of amides is 1. The zero-order valence-corrected chi connectivity index (χ0v) is 19.2. The highest BCUT2D eigenvalue weighted by Crippen LogP contribution is 2.32. The first-order valence-corrected chi connectivity index (χ1v) is 11.4. The fourth-order valence-corrected chi connectivity index (χ4v) is 4.74. The van der Waals surface area contributed by atoms with Crippen molar-refractivity contribution in [2.24, 2.45) is 5.92 Å². The molecule has 2 aromatic rings. The van der Waals surface area contributed by atoms with Crippen LogP contribution in [0.2, 0.25) is 0 Å². The number of carbonyl (C=O) groups is 1. The Morgan fingerprint density at radius 2 is 1.97 bits per heavy atom. The topological polar surface area (TPSA) is 65.8 Å². The molecule has 0 radical (unpaired) electrons. The van der Waals surface area contributed by atoms with Crippen molar-refractivity contribution in [1.82, 2.24) is 29.7 Å². The summed E-state index contributed by atoms with van der Waals surface area (Å²) in [7, 11) is 0. The number of hydrogen-bond donors (Lipinski definition) is 1. The molecule has 0 bridgehead atoms. The van der Waals surface area contributed by atoms with Crippen molar-refractivity contribution in [1.29, 1.82) is 0 Å². The lowest BCUT2D eigenvalue weighted by Gasteiger charge is -2.36. The Kier molecular flexibility index (Phi) is 5.21. The molecular weight excluding hydrogens is 400 g/mol. The lowest BCUT2D eigenvalue weighted by Crippen LogP contribution is -2.48. The molecule has 5 heterocycles. The van der Waals surface area contributed by atoms with Gasteiger partial charge in [0.15, 0.2) is 0 Å². The van der Waals surface area contributed by atoms with E-state index in [-0.39, 0.29) is 11.8 Å². The number of hydrogen-bond acceptors (Lipinski definition) is 5. The zero-order chi connectivity index (χ0) is 22.4. The molecule has 5 rings (SSSR count). The van der Waals surface area contributed by atoms with Crippen LogP contribution in [0.3, 0.4) is 0 Å². The van der Waals surface area contributed by atoms with Crippen molar-refractivity contribution < 1.29 is 4.79 Å². The zero-order valence-electron chi connectivity index (χ0n) is 19.2. The Bertz CT molecular complexity index is 1200. The molecule has 166 valence electrons. The number of fused-ring (bicyclic) bond motifs is 2. The highest BCUT2D eigenvalue weighted by atomic mass is 16.2. The number of carbonyl (C=O) groups excluding carboxylic acids is 1. The first-order valence-electron chi connectivity index (χ1n) is 11.4. The van der Waals surface area contributed by atoms with E-state index in [1.165, 1.54) is 0 Å². The van der Waals surface area contributed by atoms with Crippen molar-refractivity contribution in [3.8, 4) is 0 Å². The average molecular weight is 431 g/mol. The van der Waals surface area contributed by atoms with E-state index in [9.17, 15) is 4.79 Å². The van der Waals surface area contributed by atoms with Gasteiger partial charge in [-0.25, -0.2) is 4.52 Å². The van der Waals surface area contributed by atoms with Crippen LogP contribution >= 0.6 is 0 Å². The third kappa shape index (κ3) is 3.77. The van der Waals surface area contributed by atoms with Gasteiger partial charge in [0.25, 0.3) is 5.91 Å². The number of nitrogens with one attached hydrogen (secondary N) is 1. The van der Waals surface area contributed by atoms with Gasteiger partial charge in [0, 0.05) is 43.6 Å². The normalized spacial score (nSPS) is 24.0. The van der Waals surface area contributed by atoms with Gasteiger partial charge in [0.2, 0.25) is 0 Å². The summed E-state index contributed by atoms with van der Waals surface area (Å²) in [6, 6.07) is 2.48. The van der Waals surface area contributed by atoms with Crippen LogP contribution in [0.5, 0.6) is 0 Å². The van der Waals surface area contributed by atoms with Crippen molar-refractivity contribution in [2.75, 3.05) is 19.6 Å². The summed E-state index contributed by atoms with van der Waals surface area (Å²) in [4.78, 5) is 22.1. The molecule has 2 atom stereocenters. The summed E-state index contributed by atoms with van der Waals surface area (Å²) < 4.78 is 1.87. The molecule has 0 aliphatic carbocycles. The van der Waals surface area contributed by atoms with Crippen LogP contribution in [0, 0.1) is 19.8 Å². The van der Waals surface area contributed by atoms with Crippen LogP contribution in [-0.2, 0) is 4.79 Å². The molecule has 1 amide bonds. The van der Waals surface area contributed by atoms with E-state index in [1.54, 1.807) is 11.0 Å². The fourth-order valence-electron chi connectivity index (χ4n) is 4.74. The summed E-state index contributed by atoms with van der Waals surface area (Å²) in [5, 5.41) is 8.26. The number of piperazine rings is 1. The lowest BCUT2D eigenvalue weighted by atomic mass is 9.92. The molecular formula is C25H30N6O. The number of aromatic nitrogens is 3. The molecule has 0 saturated carbocycles. The molecule has 7 heteroatoms. The van der Waals surface area contributed by atoms with Crippen molar-refractivity contribution in [2.45, 2.75) is 40.2 Å². The van der Waals surface area contributed by atoms with Crippen LogP contribution in [0.15, 0.2) is 54.2 Å². The molecule has 2 aromatic heterocycles. The third-order valence-corrected chi connectivity index (χ3v) is 6.48. The van der Waals surface area contributed by atoms with E-state index in [4.69, 9.17) is 5.10 Å². The number of rotatable bonds is 2. The molecule has 1 N–H and O–H groups in total. The molecule has 0 spiro atoms. The standard InChI is InChI=1S/C25H30N6O/c1-16-5-6-20-7-8-21(29-10-9-26-17(2)13-29)15-30(20)25(32)11-22(16)23-12-24-19(4)27-18(3)14-31(24)28-23/h6-8,11-12,14-17,26H,5,9-10,13H2,1-4H3. The van der Waals surface area contributed by atoms with Crippen molar-refractivity contribution >= 4 is 17.0 Å². The maximum Gasteiger partial charge on any atom is 0.255 e. The van der Waals surface area contributed by atoms with Gasteiger partial charge in [-0.05, 0) is 56.9 Å². The van der Waals surface area contributed by atoms with E-state index in [0.717, 1.165) is 65.6 Å². The van der Waals surface area contributed by atoms with Gasteiger partial charge in [-0.2, -0.15) is 5.10 Å². The van der Waals surface area contributed by atoms with E-state index >= 15 is 0 Å². The minimum Gasteiger partial charge on any atom is -0.368 e. The maximum atomic E-state index is 13.4. The molecule has 32 heavy (non-hydrogen) atoms. The lowest BCUT2D eigenvalue weighted by molar-refractivity contribution is -0.122. The SMILES string of the molecule is Cc1cn2nc(C3=CC(=O)N4C=C(N5CCNC(C)C5)C=CC4=CCC3C)cc2c(C)n1. The first-order chi connectivity index (χ1) is 15.4.